The van der Waals surface area contributed by atoms with Gasteiger partial charge in [0, 0.05) is 33.4 Å². The third kappa shape index (κ3) is 4.07. The third-order valence-electron chi connectivity index (χ3n) is 6.93. The molecule has 1 unspecified atom stereocenters. The number of aliphatic hydroxyl groups excluding tert-OH is 1. The van der Waals surface area contributed by atoms with E-state index in [-0.39, 0.29) is 21.9 Å². The molecule has 0 aliphatic carbocycles. The second-order valence-corrected chi connectivity index (χ2v) is 9.63. The summed E-state index contributed by atoms with van der Waals surface area (Å²) in [4.78, 5) is 32.1. The number of aromatic nitrogens is 1. The van der Waals surface area contributed by atoms with Gasteiger partial charge in [-0.1, -0.05) is 35.9 Å². The number of hydrogen-bond donors (Lipinski definition) is 2. The average Bonchev–Trinajstić information content (AvgIpc) is 3.34. The number of aryl methyl sites for hydroxylation is 3. The number of anilines is 1. The molecule has 0 bridgehead atoms. The van der Waals surface area contributed by atoms with Gasteiger partial charge in [-0.3, -0.25) is 14.5 Å². The smallest absolute Gasteiger partial charge is 0.300 e. The second kappa shape index (κ2) is 9.45. The van der Waals surface area contributed by atoms with E-state index in [4.69, 9.17) is 16.3 Å². The summed E-state index contributed by atoms with van der Waals surface area (Å²) in [5.74, 6) is -1.33. The molecule has 0 saturated carbocycles. The number of aromatic amines is 1. The minimum atomic E-state index is -0.870. The first kappa shape index (κ1) is 24.7. The molecule has 1 saturated heterocycles. The quantitative estimate of drug-likeness (QED) is 0.175. The Bertz CT molecular complexity index is 1600. The lowest BCUT2D eigenvalue weighted by Gasteiger charge is -2.26. The fourth-order valence-corrected chi connectivity index (χ4v) is 5.19. The minimum Gasteiger partial charge on any atom is -0.507 e. The van der Waals surface area contributed by atoms with Crippen LogP contribution in [0.25, 0.3) is 16.7 Å². The first-order chi connectivity index (χ1) is 17.7. The lowest BCUT2D eigenvalue weighted by molar-refractivity contribution is -0.132. The second-order valence-electron chi connectivity index (χ2n) is 9.22. The monoisotopic (exact) mass is 514 g/mol. The van der Waals surface area contributed by atoms with Crippen molar-refractivity contribution < 1.29 is 19.4 Å². The van der Waals surface area contributed by atoms with Gasteiger partial charge in [-0.15, -0.1) is 0 Å². The summed E-state index contributed by atoms with van der Waals surface area (Å²) in [7, 11) is 0. The molecule has 1 amide bonds. The van der Waals surface area contributed by atoms with Gasteiger partial charge in [-0.2, -0.15) is 0 Å². The first-order valence-corrected chi connectivity index (χ1v) is 12.5. The van der Waals surface area contributed by atoms with Crippen LogP contribution in [-0.2, 0) is 9.59 Å². The highest BCUT2D eigenvalue weighted by atomic mass is 35.5. The van der Waals surface area contributed by atoms with Crippen molar-refractivity contribution >= 4 is 45.6 Å². The number of carbonyl (C=O) groups excluding carboxylic acids is 2. The number of halogens is 1. The zero-order valence-corrected chi connectivity index (χ0v) is 21.8. The summed E-state index contributed by atoms with van der Waals surface area (Å²) in [6, 6.07) is 17.4. The molecule has 1 aliphatic heterocycles. The summed E-state index contributed by atoms with van der Waals surface area (Å²) in [6.07, 6.45) is 0. The maximum Gasteiger partial charge on any atom is 0.300 e. The largest absolute Gasteiger partial charge is 0.507 e. The lowest BCUT2D eigenvalue weighted by Crippen LogP contribution is -2.29. The van der Waals surface area contributed by atoms with Crippen LogP contribution in [0, 0.1) is 20.8 Å². The van der Waals surface area contributed by atoms with Crippen molar-refractivity contribution in [3.05, 3.63) is 99.2 Å². The number of H-pyrrole nitrogens is 1. The van der Waals surface area contributed by atoms with E-state index in [1.54, 1.807) is 18.2 Å². The number of ether oxygens (including phenoxy) is 1. The molecule has 37 heavy (non-hydrogen) atoms. The topological polar surface area (TPSA) is 82.6 Å². The molecule has 6 nitrogen and oxygen atoms in total. The highest BCUT2D eigenvalue weighted by Gasteiger charge is 2.48. The maximum atomic E-state index is 13.6. The average molecular weight is 515 g/mol. The highest BCUT2D eigenvalue weighted by Crippen LogP contribution is 2.46. The number of amides is 1. The van der Waals surface area contributed by atoms with Crippen LogP contribution in [0.3, 0.4) is 0 Å². The van der Waals surface area contributed by atoms with Crippen molar-refractivity contribution in [2.75, 3.05) is 11.5 Å². The van der Waals surface area contributed by atoms with Gasteiger partial charge >= 0.3 is 0 Å². The van der Waals surface area contributed by atoms with Gasteiger partial charge in [0.25, 0.3) is 11.7 Å². The van der Waals surface area contributed by atoms with Gasteiger partial charge in [0.05, 0.1) is 23.2 Å². The summed E-state index contributed by atoms with van der Waals surface area (Å²) in [5, 5.41) is 12.7. The predicted molar refractivity (Wildman–Crippen MR) is 146 cm³/mol. The van der Waals surface area contributed by atoms with Crippen molar-refractivity contribution in [3.8, 4) is 5.75 Å². The van der Waals surface area contributed by atoms with Gasteiger partial charge in [0.15, 0.2) is 0 Å². The van der Waals surface area contributed by atoms with Crippen molar-refractivity contribution in [1.29, 1.82) is 0 Å². The molecular weight excluding hydrogens is 488 g/mol. The van der Waals surface area contributed by atoms with E-state index in [9.17, 15) is 14.7 Å². The Morgan fingerprint density at radius 2 is 1.78 bits per heavy atom. The molecule has 1 atom stereocenters. The number of ketones is 1. The Hall–Kier alpha value is -4.03. The third-order valence-corrected chi connectivity index (χ3v) is 7.26. The standard InChI is InChI=1S/C30H27ClN2O4/c1-5-37-20-12-13-23(31)22(15-20)28(34)26-27(25-18(4)32-24-9-7-6-8-21(24)25)33(30(36)29(26)35)19-11-10-16(2)17(3)14-19/h6-15,27,32,34H,5H2,1-4H3/b28-26+. The summed E-state index contributed by atoms with van der Waals surface area (Å²) in [6.45, 7) is 8.12. The van der Waals surface area contributed by atoms with Crippen LogP contribution in [0.4, 0.5) is 5.69 Å². The van der Waals surface area contributed by atoms with E-state index in [0.717, 1.165) is 33.3 Å². The number of benzene rings is 3. The molecular formula is C30H27ClN2O4. The Balaban J connectivity index is 1.82. The number of Topliss-reactive ketones (excluding diaryl/α,β-unsaturated/α-hetero) is 1. The van der Waals surface area contributed by atoms with Crippen LogP contribution in [-0.4, -0.2) is 28.4 Å². The van der Waals surface area contributed by atoms with Crippen molar-refractivity contribution in [1.82, 2.24) is 4.98 Å². The van der Waals surface area contributed by atoms with Crippen LogP contribution in [0.2, 0.25) is 5.02 Å². The van der Waals surface area contributed by atoms with Crippen LogP contribution in [0.5, 0.6) is 5.75 Å². The molecule has 4 aromatic rings. The molecule has 3 aromatic carbocycles. The summed E-state index contributed by atoms with van der Waals surface area (Å²) < 4.78 is 5.59. The Morgan fingerprint density at radius 1 is 1.03 bits per heavy atom. The van der Waals surface area contributed by atoms with Crippen molar-refractivity contribution in [2.24, 2.45) is 0 Å². The van der Waals surface area contributed by atoms with E-state index >= 15 is 0 Å². The van der Waals surface area contributed by atoms with Gasteiger partial charge < -0.3 is 14.8 Å². The molecule has 1 fully saturated rings. The fraction of sp³-hybridized carbons (Fsp3) is 0.200. The van der Waals surface area contributed by atoms with Crippen LogP contribution < -0.4 is 9.64 Å². The van der Waals surface area contributed by atoms with Gasteiger partial charge in [-0.05, 0) is 75.2 Å². The number of para-hydroxylation sites is 1. The highest BCUT2D eigenvalue weighted by molar-refractivity contribution is 6.52. The zero-order chi connectivity index (χ0) is 26.4. The number of fused-ring (bicyclic) bond motifs is 1. The summed E-state index contributed by atoms with van der Waals surface area (Å²) in [5.41, 5.74) is 5.25. The zero-order valence-electron chi connectivity index (χ0n) is 21.1. The molecule has 188 valence electrons. The Kier molecular flexibility index (Phi) is 6.30. The number of rotatable bonds is 5. The molecule has 2 N–H and O–H groups in total. The maximum absolute atomic E-state index is 13.6. The fourth-order valence-electron chi connectivity index (χ4n) is 4.99. The number of nitrogens with one attached hydrogen (secondary N) is 1. The molecule has 0 radical (unpaired) electrons. The van der Waals surface area contributed by atoms with Crippen LogP contribution in [0.15, 0.2) is 66.2 Å². The van der Waals surface area contributed by atoms with E-state index in [1.807, 2.05) is 70.2 Å². The Labute approximate surface area is 220 Å². The number of carbonyl (C=O) groups is 2. The number of hydrogen-bond acceptors (Lipinski definition) is 4. The minimum absolute atomic E-state index is 0.0216. The SMILES string of the molecule is CCOc1ccc(Cl)c(/C(O)=C2\C(=O)C(=O)N(c3ccc(C)c(C)c3)C2c2c(C)[nH]c3ccccc23)c1. The first-order valence-electron chi connectivity index (χ1n) is 12.1. The van der Waals surface area contributed by atoms with E-state index < -0.39 is 17.7 Å². The van der Waals surface area contributed by atoms with E-state index in [2.05, 4.69) is 4.98 Å². The molecule has 1 aliphatic rings. The molecule has 1 aromatic heterocycles. The number of aliphatic hydroxyl groups is 1. The van der Waals surface area contributed by atoms with E-state index in [1.165, 1.54) is 4.90 Å². The lowest BCUT2D eigenvalue weighted by atomic mass is 9.93. The molecule has 0 spiro atoms. The van der Waals surface area contributed by atoms with Crippen LogP contribution in [0.1, 0.15) is 40.9 Å². The predicted octanol–water partition coefficient (Wildman–Crippen LogP) is 6.77. The van der Waals surface area contributed by atoms with Crippen LogP contribution >= 0.6 is 11.6 Å². The summed E-state index contributed by atoms with van der Waals surface area (Å²) >= 11 is 6.48. The number of nitrogens with zero attached hydrogens (tertiary/aromatic N) is 1. The van der Waals surface area contributed by atoms with Gasteiger partial charge in [-0.25, -0.2) is 0 Å². The van der Waals surface area contributed by atoms with E-state index in [0.29, 0.717) is 18.0 Å². The van der Waals surface area contributed by atoms with Crippen molar-refractivity contribution in [3.63, 3.8) is 0 Å². The van der Waals surface area contributed by atoms with Gasteiger partial charge in [0.2, 0.25) is 0 Å². The molecule has 5 rings (SSSR count). The normalized spacial score (nSPS) is 17.1. The molecule has 7 heteroatoms. The molecule has 2 heterocycles. The Morgan fingerprint density at radius 3 is 2.51 bits per heavy atom. The van der Waals surface area contributed by atoms with Gasteiger partial charge in [0.1, 0.15) is 11.5 Å². The van der Waals surface area contributed by atoms with Crippen molar-refractivity contribution in [2.45, 2.75) is 33.7 Å².